The molecule has 0 aromatic carbocycles. The Labute approximate surface area is 116 Å². The van der Waals surface area contributed by atoms with Gasteiger partial charge in [-0.05, 0) is 37.9 Å². The summed E-state index contributed by atoms with van der Waals surface area (Å²) in [5, 5.41) is 3.47. The van der Waals surface area contributed by atoms with Gasteiger partial charge in [-0.3, -0.25) is 4.98 Å². The van der Waals surface area contributed by atoms with Gasteiger partial charge < -0.3 is 14.8 Å². The highest BCUT2D eigenvalue weighted by Crippen LogP contribution is 2.22. The Morgan fingerprint density at radius 1 is 1.32 bits per heavy atom. The van der Waals surface area contributed by atoms with E-state index in [0.717, 1.165) is 37.3 Å². The molecule has 0 saturated heterocycles. The van der Waals surface area contributed by atoms with E-state index in [0.29, 0.717) is 0 Å². The van der Waals surface area contributed by atoms with E-state index in [1.807, 2.05) is 6.20 Å². The second-order valence-electron chi connectivity index (χ2n) is 4.69. The van der Waals surface area contributed by atoms with Gasteiger partial charge in [-0.25, -0.2) is 0 Å². The number of ether oxygens (including phenoxy) is 2. The van der Waals surface area contributed by atoms with Gasteiger partial charge in [0.1, 0.15) is 5.75 Å². The molecule has 1 heterocycles. The molecule has 1 N–H and O–H groups in total. The molecular weight excluding hydrogens is 240 g/mol. The van der Waals surface area contributed by atoms with Crippen molar-refractivity contribution in [3.63, 3.8) is 0 Å². The van der Waals surface area contributed by atoms with Crippen molar-refractivity contribution in [3.8, 4) is 5.75 Å². The van der Waals surface area contributed by atoms with Crippen LogP contribution in [0.1, 0.15) is 45.2 Å². The molecule has 108 valence electrons. The number of nitrogens with zero attached hydrogens (tertiary/aromatic N) is 1. The number of aromatic nitrogens is 1. The molecule has 4 heteroatoms. The quantitative estimate of drug-likeness (QED) is 0.746. The molecule has 2 atom stereocenters. The van der Waals surface area contributed by atoms with Crippen molar-refractivity contribution in [2.45, 2.75) is 45.8 Å². The van der Waals surface area contributed by atoms with E-state index in [-0.39, 0.29) is 12.1 Å². The van der Waals surface area contributed by atoms with Crippen LogP contribution in [0.5, 0.6) is 5.75 Å². The first kappa shape index (κ1) is 15.9. The predicted molar refractivity (Wildman–Crippen MR) is 77.5 cm³/mol. The molecule has 1 rings (SSSR count). The summed E-state index contributed by atoms with van der Waals surface area (Å²) in [6, 6.07) is 2.32. The van der Waals surface area contributed by atoms with Crippen molar-refractivity contribution in [1.82, 2.24) is 10.3 Å². The van der Waals surface area contributed by atoms with Crippen LogP contribution >= 0.6 is 0 Å². The first-order valence-electron chi connectivity index (χ1n) is 7.05. The molecule has 0 fully saturated rings. The highest BCUT2D eigenvalue weighted by atomic mass is 16.5. The molecule has 0 saturated carbocycles. The molecule has 0 aliphatic carbocycles. The second kappa shape index (κ2) is 8.88. The maximum absolute atomic E-state index is 5.63. The highest BCUT2D eigenvalue weighted by molar-refractivity contribution is 5.26. The number of hydrogen-bond acceptors (Lipinski definition) is 4. The smallest absolute Gasteiger partial charge is 0.137 e. The molecule has 1 aromatic heterocycles. The van der Waals surface area contributed by atoms with Crippen LogP contribution in [0, 0.1) is 0 Å². The van der Waals surface area contributed by atoms with Crippen molar-refractivity contribution >= 4 is 0 Å². The summed E-state index contributed by atoms with van der Waals surface area (Å²) in [5.74, 6) is 0.840. The fourth-order valence-corrected chi connectivity index (χ4v) is 1.94. The summed E-state index contributed by atoms with van der Waals surface area (Å²) in [6.45, 7) is 7.93. The molecule has 1 aromatic rings. The molecule has 0 bridgehead atoms. The van der Waals surface area contributed by atoms with Gasteiger partial charge in [-0.15, -0.1) is 0 Å². The van der Waals surface area contributed by atoms with E-state index in [9.17, 15) is 0 Å². The molecule has 4 nitrogen and oxygen atoms in total. The minimum absolute atomic E-state index is 0.212. The lowest BCUT2D eigenvalue weighted by Gasteiger charge is -2.21. The lowest BCUT2D eigenvalue weighted by Crippen LogP contribution is -2.25. The predicted octanol–water partition coefficient (Wildman–Crippen LogP) is 2.95. The third kappa shape index (κ3) is 5.57. The number of hydrogen-bond donors (Lipinski definition) is 1. The van der Waals surface area contributed by atoms with Gasteiger partial charge in [-0.1, -0.05) is 13.8 Å². The van der Waals surface area contributed by atoms with Gasteiger partial charge in [0, 0.05) is 19.3 Å². The van der Waals surface area contributed by atoms with Crippen molar-refractivity contribution < 1.29 is 9.47 Å². The van der Waals surface area contributed by atoms with Crippen molar-refractivity contribution in [3.05, 3.63) is 24.0 Å². The van der Waals surface area contributed by atoms with Crippen LogP contribution in [0.2, 0.25) is 0 Å². The zero-order chi connectivity index (χ0) is 14.1. The van der Waals surface area contributed by atoms with Gasteiger partial charge >= 0.3 is 0 Å². The highest BCUT2D eigenvalue weighted by Gasteiger charge is 2.15. The monoisotopic (exact) mass is 266 g/mol. The number of rotatable bonds is 9. The van der Waals surface area contributed by atoms with Gasteiger partial charge in [0.25, 0.3) is 0 Å². The zero-order valence-corrected chi connectivity index (χ0v) is 12.5. The van der Waals surface area contributed by atoms with Crippen LogP contribution in [0.3, 0.4) is 0 Å². The summed E-state index contributed by atoms with van der Waals surface area (Å²) in [7, 11) is 1.74. The average Bonchev–Trinajstić information content (AvgIpc) is 2.44. The first-order valence-corrected chi connectivity index (χ1v) is 7.05. The lowest BCUT2D eigenvalue weighted by atomic mass is 10.0. The Hall–Kier alpha value is -1.13. The fourth-order valence-electron chi connectivity index (χ4n) is 1.94. The Kier molecular flexibility index (Phi) is 7.45. The van der Waals surface area contributed by atoms with E-state index in [2.05, 4.69) is 37.1 Å². The number of pyridine rings is 1. The second-order valence-corrected chi connectivity index (χ2v) is 4.69. The maximum atomic E-state index is 5.63. The summed E-state index contributed by atoms with van der Waals surface area (Å²) in [5.41, 5.74) is 1.15. The van der Waals surface area contributed by atoms with Crippen LogP contribution in [0.15, 0.2) is 18.5 Å². The van der Waals surface area contributed by atoms with E-state index in [4.69, 9.17) is 9.47 Å². The summed E-state index contributed by atoms with van der Waals surface area (Å²) < 4.78 is 11.0. The van der Waals surface area contributed by atoms with Crippen LogP contribution in [0.4, 0.5) is 0 Å². The van der Waals surface area contributed by atoms with E-state index in [1.54, 1.807) is 13.3 Å². The van der Waals surface area contributed by atoms with Crippen LogP contribution < -0.4 is 10.1 Å². The van der Waals surface area contributed by atoms with Crippen molar-refractivity contribution in [1.29, 1.82) is 0 Å². The third-order valence-corrected chi connectivity index (χ3v) is 3.03. The maximum Gasteiger partial charge on any atom is 0.137 e. The van der Waals surface area contributed by atoms with Gasteiger partial charge in [-0.2, -0.15) is 0 Å². The molecule has 0 aliphatic rings. The molecule has 2 unspecified atom stereocenters. The molecular formula is C15H26N2O2. The summed E-state index contributed by atoms with van der Waals surface area (Å²) in [6.07, 6.45) is 5.80. The van der Waals surface area contributed by atoms with Crippen molar-refractivity contribution in [2.75, 3.05) is 20.3 Å². The van der Waals surface area contributed by atoms with Crippen molar-refractivity contribution in [2.24, 2.45) is 0 Å². The number of methoxy groups -OCH3 is 1. The van der Waals surface area contributed by atoms with Crippen LogP contribution in [-0.4, -0.2) is 31.3 Å². The van der Waals surface area contributed by atoms with E-state index in [1.165, 1.54) is 0 Å². The average molecular weight is 266 g/mol. The topological polar surface area (TPSA) is 43.4 Å². The lowest BCUT2D eigenvalue weighted by molar-refractivity contribution is 0.100. The van der Waals surface area contributed by atoms with Gasteiger partial charge in [0.05, 0.1) is 18.9 Å². The minimum Gasteiger partial charge on any atom is -0.492 e. The Morgan fingerprint density at radius 2 is 2.11 bits per heavy atom. The normalized spacial score (nSPS) is 14.1. The van der Waals surface area contributed by atoms with E-state index < -0.39 is 0 Å². The first-order chi connectivity index (χ1) is 9.21. The molecule has 19 heavy (non-hydrogen) atoms. The standard InChI is InChI=1S/C15H26N2O2/c1-5-7-19-14-9-13(10-16-11-14)15(17-6-2)8-12(3)18-4/h9-12,15,17H,5-8H2,1-4H3. The minimum atomic E-state index is 0.212. The van der Waals surface area contributed by atoms with Gasteiger partial charge in [0.15, 0.2) is 0 Å². The van der Waals surface area contributed by atoms with Crippen LogP contribution in [-0.2, 0) is 4.74 Å². The van der Waals surface area contributed by atoms with Crippen LogP contribution in [0.25, 0.3) is 0 Å². The summed E-state index contributed by atoms with van der Waals surface area (Å²) >= 11 is 0. The number of nitrogens with one attached hydrogen (secondary N) is 1. The summed E-state index contributed by atoms with van der Waals surface area (Å²) in [4.78, 5) is 4.27. The van der Waals surface area contributed by atoms with E-state index >= 15 is 0 Å². The fraction of sp³-hybridized carbons (Fsp3) is 0.667. The Balaban J connectivity index is 2.76. The zero-order valence-electron chi connectivity index (χ0n) is 12.5. The Morgan fingerprint density at radius 3 is 2.74 bits per heavy atom. The molecule has 0 radical (unpaired) electrons. The molecule has 0 aliphatic heterocycles. The largest absolute Gasteiger partial charge is 0.492 e. The molecule has 0 spiro atoms. The van der Waals surface area contributed by atoms with Gasteiger partial charge in [0.2, 0.25) is 0 Å². The third-order valence-electron chi connectivity index (χ3n) is 3.03. The Bertz CT molecular complexity index is 358. The SMILES string of the molecule is CCCOc1cncc(C(CC(C)OC)NCC)c1. The molecule has 0 amide bonds.